The first-order chi connectivity index (χ1) is 18.1. The van der Waals surface area contributed by atoms with E-state index in [1.54, 1.807) is 0 Å². The average Bonchev–Trinajstić information content (AvgIpc) is 2.94. The van der Waals surface area contributed by atoms with Crippen molar-refractivity contribution >= 4 is 5.97 Å². The maximum atomic E-state index is 12.9. The molecule has 0 aliphatic heterocycles. The summed E-state index contributed by atoms with van der Waals surface area (Å²) in [6, 6.07) is 17.1. The van der Waals surface area contributed by atoms with Gasteiger partial charge in [0.05, 0.1) is 11.5 Å². The second kappa shape index (κ2) is 16.3. The van der Waals surface area contributed by atoms with Crippen LogP contribution in [0.5, 0.6) is 5.75 Å². The number of ether oxygens (including phenoxy) is 1. The van der Waals surface area contributed by atoms with Crippen molar-refractivity contribution < 1.29 is 9.53 Å². The predicted molar refractivity (Wildman–Crippen MR) is 153 cm³/mol. The van der Waals surface area contributed by atoms with Gasteiger partial charge in [0.2, 0.25) is 0 Å². The quantitative estimate of drug-likeness (QED) is 0.139. The minimum atomic E-state index is -0.180. The summed E-state index contributed by atoms with van der Waals surface area (Å²) in [5, 5.41) is 9.66. The Hall–Kier alpha value is -2.60. The summed E-state index contributed by atoms with van der Waals surface area (Å²) >= 11 is 0. The van der Waals surface area contributed by atoms with E-state index in [0.717, 1.165) is 50.5 Å². The van der Waals surface area contributed by atoms with E-state index < -0.39 is 0 Å². The molecule has 1 saturated carbocycles. The number of nitrogens with zero attached hydrogens (tertiary/aromatic N) is 1. The molecule has 0 spiro atoms. The van der Waals surface area contributed by atoms with Gasteiger partial charge in [0.15, 0.2) is 0 Å². The molecule has 0 radical (unpaired) electrons. The lowest BCUT2D eigenvalue weighted by molar-refractivity contribution is -0.140. The third kappa shape index (κ3) is 9.66. The van der Waals surface area contributed by atoms with Gasteiger partial charge in [0.1, 0.15) is 11.8 Å². The van der Waals surface area contributed by atoms with E-state index in [1.807, 2.05) is 18.2 Å². The third-order valence-electron chi connectivity index (χ3n) is 8.02. The van der Waals surface area contributed by atoms with Crippen molar-refractivity contribution in [2.45, 2.75) is 122 Å². The van der Waals surface area contributed by atoms with Crippen LogP contribution in [0.15, 0.2) is 42.5 Å². The largest absolute Gasteiger partial charge is 0.425 e. The fourth-order valence-corrected chi connectivity index (χ4v) is 5.58. The number of carbonyl (C=O) groups is 1. The van der Waals surface area contributed by atoms with E-state index in [2.05, 4.69) is 44.2 Å². The maximum absolute atomic E-state index is 12.9. The molecule has 37 heavy (non-hydrogen) atoms. The summed E-state index contributed by atoms with van der Waals surface area (Å²) in [4.78, 5) is 12.9. The molecule has 0 N–H and O–H groups in total. The molecule has 1 aliphatic carbocycles. The standard InChI is InChI=1S/C34H47NO2/c1-3-5-7-8-9-10-12-14-28-17-24-33(32(25-28)26-35)37-34(36)31-22-20-30(21-23-31)29-18-15-27(16-19-29)13-11-6-4-2/h15-19,24-25,30-31H,3-14,20-23H2,1-2H3. The normalized spacial score (nSPS) is 17.3. The lowest BCUT2D eigenvalue weighted by Crippen LogP contribution is -2.25. The molecule has 200 valence electrons. The van der Waals surface area contributed by atoms with E-state index in [0.29, 0.717) is 17.2 Å². The molecule has 3 rings (SSSR count). The predicted octanol–water partition coefficient (Wildman–Crippen LogP) is 9.46. The van der Waals surface area contributed by atoms with E-state index >= 15 is 0 Å². The van der Waals surface area contributed by atoms with Crippen molar-refractivity contribution in [3.05, 3.63) is 64.7 Å². The topological polar surface area (TPSA) is 50.1 Å². The molecule has 1 fully saturated rings. The minimum absolute atomic E-state index is 0.0801. The summed E-state index contributed by atoms with van der Waals surface area (Å²) in [7, 11) is 0. The number of hydrogen-bond acceptors (Lipinski definition) is 3. The van der Waals surface area contributed by atoms with E-state index in [9.17, 15) is 10.1 Å². The van der Waals surface area contributed by atoms with E-state index in [4.69, 9.17) is 4.74 Å². The number of hydrogen-bond donors (Lipinski definition) is 0. The summed E-state index contributed by atoms with van der Waals surface area (Å²) in [6.07, 6.45) is 18.6. The van der Waals surface area contributed by atoms with Gasteiger partial charge in [-0.2, -0.15) is 5.26 Å². The van der Waals surface area contributed by atoms with Crippen LogP contribution in [-0.4, -0.2) is 5.97 Å². The zero-order chi connectivity index (χ0) is 26.3. The lowest BCUT2D eigenvalue weighted by Gasteiger charge is -2.27. The zero-order valence-corrected chi connectivity index (χ0v) is 23.3. The molecular weight excluding hydrogens is 454 g/mol. The molecular formula is C34H47NO2. The maximum Gasteiger partial charge on any atom is 0.314 e. The van der Waals surface area contributed by atoms with Gasteiger partial charge in [-0.1, -0.05) is 95.5 Å². The van der Waals surface area contributed by atoms with E-state index in [1.165, 1.54) is 68.9 Å². The van der Waals surface area contributed by atoms with Gasteiger partial charge in [-0.15, -0.1) is 0 Å². The van der Waals surface area contributed by atoms with Gasteiger partial charge in [-0.25, -0.2) is 0 Å². The fraction of sp³-hybridized carbons (Fsp3) is 0.588. The number of carbonyl (C=O) groups excluding carboxylic acids is 1. The van der Waals surface area contributed by atoms with Crippen LogP contribution in [-0.2, 0) is 17.6 Å². The second-order valence-corrected chi connectivity index (χ2v) is 11.0. The Morgan fingerprint density at radius 2 is 1.35 bits per heavy atom. The Bertz CT molecular complexity index is 980. The Balaban J connectivity index is 1.43. The Labute approximate surface area is 225 Å². The fourth-order valence-electron chi connectivity index (χ4n) is 5.58. The number of aryl methyl sites for hydroxylation is 2. The zero-order valence-electron chi connectivity index (χ0n) is 23.3. The molecule has 2 aromatic carbocycles. The highest BCUT2D eigenvalue weighted by Crippen LogP contribution is 2.37. The first-order valence-electron chi connectivity index (χ1n) is 15.0. The highest BCUT2D eigenvalue weighted by atomic mass is 16.5. The molecule has 0 heterocycles. The van der Waals surface area contributed by atoms with Gasteiger partial charge < -0.3 is 4.74 Å². The molecule has 3 heteroatoms. The van der Waals surface area contributed by atoms with Crippen molar-refractivity contribution in [3.8, 4) is 11.8 Å². The van der Waals surface area contributed by atoms with Crippen molar-refractivity contribution in [2.24, 2.45) is 5.92 Å². The number of nitriles is 1. The van der Waals surface area contributed by atoms with Gasteiger partial charge in [0.25, 0.3) is 0 Å². The number of esters is 1. The van der Waals surface area contributed by atoms with Crippen LogP contribution in [0, 0.1) is 17.2 Å². The molecule has 0 saturated heterocycles. The summed E-state index contributed by atoms with van der Waals surface area (Å²) < 4.78 is 5.75. The van der Waals surface area contributed by atoms with Crippen LogP contribution in [0.25, 0.3) is 0 Å². The van der Waals surface area contributed by atoms with Gasteiger partial charge in [-0.3, -0.25) is 4.79 Å². The monoisotopic (exact) mass is 501 g/mol. The average molecular weight is 502 g/mol. The highest BCUT2D eigenvalue weighted by Gasteiger charge is 2.29. The van der Waals surface area contributed by atoms with Gasteiger partial charge >= 0.3 is 5.97 Å². The van der Waals surface area contributed by atoms with Crippen molar-refractivity contribution in [2.75, 3.05) is 0 Å². The molecule has 0 atom stereocenters. The van der Waals surface area contributed by atoms with Crippen LogP contribution in [0.3, 0.4) is 0 Å². The molecule has 0 bridgehead atoms. The molecule has 2 aromatic rings. The van der Waals surface area contributed by atoms with Crippen molar-refractivity contribution in [1.82, 2.24) is 0 Å². The number of rotatable bonds is 15. The Kier molecular flexibility index (Phi) is 12.7. The first-order valence-corrected chi connectivity index (χ1v) is 15.0. The molecule has 1 aliphatic rings. The summed E-state index contributed by atoms with van der Waals surface area (Å²) in [5.74, 6) is 0.676. The van der Waals surface area contributed by atoms with Crippen LogP contribution < -0.4 is 4.74 Å². The van der Waals surface area contributed by atoms with Gasteiger partial charge in [-0.05, 0) is 86.1 Å². The van der Waals surface area contributed by atoms with E-state index in [-0.39, 0.29) is 11.9 Å². The summed E-state index contributed by atoms with van der Waals surface area (Å²) in [6.45, 7) is 4.49. The van der Waals surface area contributed by atoms with Crippen LogP contribution in [0.1, 0.15) is 132 Å². The van der Waals surface area contributed by atoms with Crippen molar-refractivity contribution in [3.63, 3.8) is 0 Å². The molecule has 0 unspecified atom stereocenters. The number of benzene rings is 2. The molecule has 3 nitrogen and oxygen atoms in total. The molecule has 0 aromatic heterocycles. The summed E-state index contributed by atoms with van der Waals surface area (Å²) in [5.41, 5.74) is 4.45. The Morgan fingerprint density at radius 1 is 0.784 bits per heavy atom. The van der Waals surface area contributed by atoms with Crippen LogP contribution >= 0.6 is 0 Å². The number of unbranched alkanes of at least 4 members (excludes halogenated alkanes) is 8. The van der Waals surface area contributed by atoms with Crippen LogP contribution in [0.4, 0.5) is 0 Å². The Morgan fingerprint density at radius 3 is 2.03 bits per heavy atom. The van der Waals surface area contributed by atoms with Crippen molar-refractivity contribution in [1.29, 1.82) is 5.26 Å². The first kappa shape index (κ1) is 29.0. The SMILES string of the molecule is CCCCCCCCCc1ccc(OC(=O)C2CCC(c3ccc(CCCCC)cc3)CC2)c(C#N)c1. The second-order valence-electron chi connectivity index (χ2n) is 11.0. The smallest absolute Gasteiger partial charge is 0.314 e. The van der Waals surface area contributed by atoms with Crippen LogP contribution in [0.2, 0.25) is 0 Å². The lowest BCUT2D eigenvalue weighted by atomic mass is 9.78. The third-order valence-corrected chi connectivity index (χ3v) is 8.02. The molecule has 0 amide bonds. The highest BCUT2D eigenvalue weighted by molar-refractivity contribution is 5.76. The minimum Gasteiger partial charge on any atom is -0.425 e. The van der Waals surface area contributed by atoms with Gasteiger partial charge in [0, 0.05) is 0 Å².